The predicted octanol–water partition coefficient (Wildman–Crippen LogP) is 15.5. The summed E-state index contributed by atoms with van der Waals surface area (Å²) in [7, 11) is 10.5. The molecule has 0 amide bonds. The van der Waals surface area contributed by atoms with Gasteiger partial charge >= 0.3 is 11.9 Å². The van der Waals surface area contributed by atoms with E-state index in [9.17, 15) is 19.8 Å². The van der Waals surface area contributed by atoms with Gasteiger partial charge in [-0.3, -0.25) is 14.7 Å². The van der Waals surface area contributed by atoms with Gasteiger partial charge in [0.1, 0.15) is 25.3 Å². The maximum atomic E-state index is 13.5. The highest BCUT2D eigenvalue weighted by Gasteiger charge is 2.75. The Balaban J connectivity index is 0.000000198. The fourth-order valence-corrected chi connectivity index (χ4v) is 24.9. The number of allylic oxidation sites excluding steroid dienone is 2. The normalized spacial score (nSPS) is 43.5. The molecule has 0 spiro atoms. The van der Waals surface area contributed by atoms with Crippen molar-refractivity contribution in [2.24, 2.45) is 125 Å². The monoisotopic (exact) mass is 1370 g/mol. The topological polar surface area (TPSA) is 200 Å². The first-order chi connectivity index (χ1) is 45.6. The number of carbonyl (C=O) groups is 2. The number of nitrogens with zero attached hydrogens (tertiary/aromatic N) is 7. The molecule has 8 fully saturated rings. The number of carboxylic acids is 2. The Morgan fingerprint density at radius 2 is 1.05 bits per heavy atom. The number of ether oxygens (including phenoxy) is 5. The summed E-state index contributed by atoms with van der Waals surface area (Å²) in [6.45, 7) is 50.6. The Kier molecular flexibility index (Phi) is 21.3. The van der Waals surface area contributed by atoms with Crippen LogP contribution in [0.3, 0.4) is 0 Å². The fourth-order valence-electron chi connectivity index (χ4n) is 24.9. The Bertz CT molecular complexity index is 3130. The van der Waals surface area contributed by atoms with Gasteiger partial charge in [-0.05, 0) is 211 Å². The molecule has 24 atom stereocenters. The minimum Gasteiger partial charge on any atom is -0.481 e. The maximum absolute atomic E-state index is 13.5. The minimum atomic E-state index is -0.606. The van der Waals surface area contributed by atoms with E-state index in [2.05, 4.69) is 213 Å². The van der Waals surface area contributed by atoms with E-state index in [1.54, 1.807) is 17.5 Å². The van der Waals surface area contributed by atoms with Gasteiger partial charge in [-0.15, -0.1) is 0 Å². The molecular formula is C81H136N8O9. The van der Waals surface area contributed by atoms with Crippen molar-refractivity contribution in [3.8, 4) is 0 Å². The summed E-state index contributed by atoms with van der Waals surface area (Å²) in [5, 5.41) is 32.8. The second-order valence-electron chi connectivity index (χ2n) is 38.2. The zero-order valence-electron chi connectivity index (χ0n) is 65.8. The molecule has 2 saturated heterocycles. The molecule has 2 aromatic heterocycles. The van der Waals surface area contributed by atoms with Gasteiger partial charge in [-0.1, -0.05) is 148 Å². The van der Waals surface area contributed by atoms with Crippen molar-refractivity contribution in [1.29, 1.82) is 0 Å². The van der Waals surface area contributed by atoms with Crippen LogP contribution in [0.15, 0.2) is 48.6 Å². The van der Waals surface area contributed by atoms with E-state index in [0.29, 0.717) is 92.2 Å². The van der Waals surface area contributed by atoms with E-state index in [0.717, 1.165) is 83.7 Å². The first kappa shape index (κ1) is 77.0. The Hall–Kier alpha value is -3.58. The number of carboxylic acid groups (broad SMARTS) is 2. The van der Waals surface area contributed by atoms with Crippen molar-refractivity contribution >= 4 is 11.9 Å². The second-order valence-corrected chi connectivity index (χ2v) is 38.2. The number of likely N-dealkylation sites (N-methyl/N-ethyl adjacent to an activating group) is 2. The molecule has 4 bridgehead atoms. The third-order valence-electron chi connectivity index (χ3n) is 33.2. The Morgan fingerprint density at radius 1 is 0.612 bits per heavy atom. The van der Waals surface area contributed by atoms with E-state index in [1.165, 1.54) is 12.7 Å². The summed E-state index contributed by atoms with van der Waals surface area (Å²) in [4.78, 5) is 39.4. The highest BCUT2D eigenvalue weighted by Crippen LogP contribution is 2.78. The third kappa shape index (κ3) is 11.6. The van der Waals surface area contributed by atoms with Crippen molar-refractivity contribution < 1.29 is 43.5 Å². The summed E-state index contributed by atoms with van der Waals surface area (Å²) >= 11 is 0. The first-order valence-electron chi connectivity index (χ1n) is 38.4. The molecule has 3 N–H and O–H groups in total. The van der Waals surface area contributed by atoms with Crippen molar-refractivity contribution in [2.45, 2.75) is 251 Å². The lowest BCUT2D eigenvalue weighted by Gasteiger charge is -2.71. The molecule has 4 heterocycles. The number of hydrogen-bond donors (Lipinski definition) is 3. The van der Waals surface area contributed by atoms with Gasteiger partial charge in [0, 0.05) is 39.8 Å². The van der Waals surface area contributed by atoms with Crippen molar-refractivity contribution in [2.75, 3.05) is 74.9 Å². The van der Waals surface area contributed by atoms with E-state index in [-0.39, 0.29) is 101 Å². The van der Waals surface area contributed by atoms with Crippen molar-refractivity contribution in [1.82, 2.24) is 39.7 Å². The van der Waals surface area contributed by atoms with E-state index in [1.807, 2.05) is 13.4 Å². The van der Waals surface area contributed by atoms with Gasteiger partial charge in [0.25, 0.3) is 0 Å². The summed E-state index contributed by atoms with van der Waals surface area (Å²) < 4.78 is 36.1. The molecule has 0 aromatic carbocycles. The highest BCUT2D eigenvalue weighted by molar-refractivity contribution is 5.74. The summed E-state index contributed by atoms with van der Waals surface area (Å²) in [5.41, 5.74) is 1.06. The Labute approximate surface area is 592 Å². The van der Waals surface area contributed by atoms with Gasteiger partial charge in [0.2, 0.25) is 0 Å². The van der Waals surface area contributed by atoms with Gasteiger partial charge in [0.15, 0.2) is 0 Å². The van der Waals surface area contributed by atoms with Crippen LogP contribution in [0.25, 0.3) is 0 Å². The van der Waals surface area contributed by atoms with Crippen molar-refractivity contribution in [3.05, 3.63) is 48.6 Å². The molecule has 0 radical (unpaired) electrons. The van der Waals surface area contributed by atoms with Gasteiger partial charge in [0.05, 0.1) is 75.8 Å². The van der Waals surface area contributed by atoms with Crippen LogP contribution in [0.1, 0.15) is 222 Å². The molecule has 8 aliphatic carbocycles. The van der Waals surface area contributed by atoms with Crippen LogP contribution in [-0.4, -0.2) is 166 Å². The van der Waals surface area contributed by atoms with Gasteiger partial charge in [-0.2, -0.15) is 10.2 Å². The zero-order chi connectivity index (χ0) is 72.3. The fraction of sp³-hybridized carbons (Fsp3) is 0.877. The summed E-state index contributed by atoms with van der Waals surface area (Å²) in [6.07, 6.45) is 23.5. The lowest BCUT2D eigenvalue weighted by molar-refractivity contribution is -0.271. The number of fused-ring (bicyclic) bond motifs is 6. The molecule has 98 heavy (non-hydrogen) atoms. The average molecular weight is 1370 g/mol. The molecule has 12 rings (SSSR count). The lowest BCUT2D eigenvalue weighted by atomic mass is 9.34. The number of aromatic amines is 1. The molecule has 2 aliphatic heterocycles. The predicted molar refractivity (Wildman–Crippen MR) is 387 cm³/mol. The van der Waals surface area contributed by atoms with Crippen LogP contribution in [0.5, 0.6) is 0 Å². The molecule has 17 nitrogen and oxygen atoms in total. The van der Waals surface area contributed by atoms with E-state index >= 15 is 0 Å². The third-order valence-corrected chi connectivity index (χ3v) is 33.2. The van der Waals surface area contributed by atoms with Crippen molar-refractivity contribution in [3.63, 3.8) is 0 Å². The van der Waals surface area contributed by atoms with Gasteiger partial charge in [-0.25, -0.2) is 14.6 Å². The SMILES string of the molecule is CC(C)[C@@H](C)[C@@]1(C)CC[C@]2(C)[C@H]3CC[C@@H]4[C@@]5(COC[C@@]4(C)[C@@H](OC[C@](C)(C(C)C)N(C)C)[C@H](n4cncn4)C5)C3=CC[C@@]2(C)[C@@H]1C(=O)O.CO[C@@H]1C[C@@]23COC[C@](C)([C@@H]2CC[C@H]2C3=CC[C@@]3(C)[C@H](C(=O)O)[C@@](C)([C@H](C)C(C)C)CC[C@]23C)[C@H]1OC[C@](C)(C(C)C)N(C)C.c1nc[nH]n1. The highest BCUT2D eigenvalue weighted by atomic mass is 16.5. The molecular weight excluding hydrogens is 1230 g/mol. The number of H-pyrrole nitrogens is 1. The molecule has 17 heteroatoms. The number of hydrogen-bond acceptors (Lipinski definition) is 13. The summed E-state index contributed by atoms with van der Waals surface area (Å²) in [6, 6.07) is 0.0327. The number of methoxy groups -OCH3 is 1. The average Bonchev–Trinajstić information content (AvgIpc) is 0.853. The smallest absolute Gasteiger partial charge is 0.307 e. The standard InChI is InChI=1S/C40H66N4O4.C39H67NO5.C2H3N3/c1-25(2)27(5)35(6)17-18-37(8)28-13-14-31-36(7)20-47-22-40(31,29(28)15-16-38(37,9)32(35)34(45)46)19-30(44-24-41-23-42-44)33(36)48-21-39(10,26(3)4)43(11)12;1-24(2)26(5)34(6)18-19-36(8)27-14-15-30-35(7)21-44-23-39(30,28(27)16-17-37(36,9)31(34)33(41)42)20-29(43-13)32(35)45-22-38(10,25(3)4)40(11)12;1-3-2-5-4-1/h15,23-28,30-33H,13-14,16-22H2,1-12H3,(H,45,46);16,24-27,29-32H,14-15,17-23H2,1-13H3,(H,41,42);1-2H,(H,3,4,5)/t27-,28+,30-,31+,32-,33+,35-,36-,37-,38+,39-,40+;26-,27+,29-,30+,31-,32+,34-,35-,36-,37+,38-,39+;/m11./s1. The number of aliphatic carboxylic acids is 2. The largest absolute Gasteiger partial charge is 0.481 e. The quantitative estimate of drug-likeness (QED) is 0.119. The number of aromatic nitrogens is 6. The van der Waals surface area contributed by atoms with E-state index < -0.39 is 11.9 Å². The molecule has 554 valence electrons. The van der Waals surface area contributed by atoms with Crippen LogP contribution in [0.4, 0.5) is 0 Å². The second kappa shape index (κ2) is 27.2. The van der Waals surface area contributed by atoms with Crippen LogP contribution >= 0.6 is 0 Å². The number of nitrogens with one attached hydrogen (secondary N) is 1. The van der Waals surface area contributed by atoms with Crippen LogP contribution in [0, 0.1) is 125 Å². The first-order valence-corrected chi connectivity index (χ1v) is 38.4. The van der Waals surface area contributed by atoms with Crippen LogP contribution in [0.2, 0.25) is 0 Å². The maximum Gasteiger partial charge on any atom is 0.307 e. The molecule has 0 unspecified atom stereocenters. The van der Waals surface area contributed by atoms with E-state index in [4.69, 9.17) is 28.8 Å². The van der Waals surface area contributed by atoms with Gasteiger partial charge < -0.3 is 43.7 Å². The molecule has 2 aromatic rings. The number of rotatable bonds is 18. The Morgan fingerprint density at radius 3 is 1.41 bits per heavy atom. The minimum absolute atomic E-state index is 0.0113. The summed E-state index contributed by atoms with van der Waals surface area (Å²) in [5.74, 6) is 2.05. The molecule has 10 aliphatic rings. The zero-order valence-corrected chi connectivity index (χ0v) is 65.8. The molecule has 6 saturated carbocycles. The van der Waals surface area contributed by atoms with Crippen LogP contribution in [-0.2, 0) is 33.3 Å². The van der Waals surface area contributed by atoms with Crippen LogP contribution < -0.4 is 0 Å². The lowest BCUT2D eigenvalue weighted by Crippen LogP contribution is -2.70.